The first kappa shape index (κ1) is 32.1. The predicted octanol–water partition coefficient (Wildman–Crippen LogP) is 13.5. The Kier molecular flexibility index (Phi) is 9.50. The molecular weight excluding hydrogens is 601 g/mol. The van der Waals surface area contributed by atoms with Crippen LogP contribution in [0.15, 0.2) is 189 Å². The van der Waals surface area contributed by atoms with Crippen LogP contribution in [0.5, 0.6) is 0 Å². The van der Waals surface area contributed by atoms with Gasteiger partial charge in [0.25, 0.3) is 0 Å². The molecule has 0 aliphatic carbocycles. The second-order valence-electron chi connectivity index (χ2n) is 12.4. The highest BCUT2D eigenvalue weighted by molar-refractivity contribution is 6.21. The molecule has 0 atom stereocenters. The van der Waals surface area contributed by atoms with E-state index < -0.39 is 0 Å². The molecule has 0 saturated heterocycles. The Labute approximate surface area is 296 Å². The second-order valence-corrected chi connectivity index (χ2v) is 12.4. The van der Waals surface area contributed by atoms with E-state index >= 15 is 0 Å². The highest BCUT2D eigenvalue weighted by atomic mass is 14.2. The monoisotopic (exact) mass is 638 g/mol. The van der Waals surface area contributed by atoms with Crippen molar-refractivity contribution < 1.29 is 0 Å². The van der Waals surface area contributed by atoms with Crippen molar-refractivity contribution in [3.05, 3.63) is 200 Å². The van der Waals surface area contributed by atoms with Gasteiger partial charge in [0.1, 0.15) is 0 Å². The van der Waals surface area contributed by atoms with Crippen LogP contribution in [-0.4, -0.2) is 0 Å². The average molecular weight is 639 g/mol. The van der Waals surface area contributed by atoms with Crippen LogP contribution in [0.1, 0.15) is 18.1 Å². The van der Waals surface area contributed by atoms with Gasteiger partial charge in [-0.2, -0.15) is 0 Å². The summed E-state index contributed by atoms with van der Waals surface area (Å²) >= 11 is 0. The Balaban J connectivity index is 1.54. The highest BCUT2D eigenvalue weighted by Gasteiger charge is 2.19. The fraction of sp³-hybridized carbons (Fsp3) is 0.0400. The standard InChI is InChI=1S/C50H38/c1-4-7-8-11-21-36-30-40(38-22-12-9-13-23-38)33-43(31-36)49-45-26-16-18-28-47(45)50(48-29-19-17-27-46(48)49)44-34-41(37(6-3)20-5-2)32-42(35-44)39-24-14-10-15-25-39/h2,4,6-20,22-35H,3,21H2,1H3/b7-4-,11-8-,37-20+. The van der Waals surface area contributed by atoms with Crippen LogP contribution >= 0.6 is 0 Å². The van der Waals surface area contributed by atoms with Crippen molar-refractivity contribution in [2.75, 3.05) is 0 Å². The third-order valence-electron chi connectivity index (χ3n) is 9.23. The van der Waals surface area contributed by atoms with Crippen molar-refractivity contribution in [1.82, 2.24) is 0 Å². The van der Waals surface area contributed by atoms with Gasteiger partial charge in [-0.25, -0.2) is 0 Å². The minimum atomic E-state index is 0.845. The van der Waals surface area contributed by atoms with E-state index in [0.29, 0.717) is 0 Å². The van der Waals surface area contributed by atoms with Crippen LogP contribution in [0.3, 0.4) is 0 Å². The first-order chi connectivity index (χ1) is 24.7. The summed E-state index contributed by atoms with van der Waals surface area (Å²) in [6, 6.07) is 52.8. The Morgan fingerprint density at radius 1 is 0.560 bits per heavy atom. The van der Waals surface area contributed by atoms with Crippen molar-refractivity contribution in [2.24, 2.45) is 0 Å². The van der Waals surface area contributed by atoms with Gasteiger partial charge < -0.3 is 0 Å². The van der Waals surface area contributed by atoms with E-state index in [1.54, 1.807) is 6.08 Å². The zero-order valence-corrected chi connectivity index (χ0v) is 28.3. The number of benzene rings is 7. The van der Waals surface area contributed by atoms with Gasteiger partial charge in [-0.15, -0.1) is 6.42 Å². The van der Waals surface area contributed by atoms with Crippen LogP contribution in [0.4, 0.5) is 0 Å². The van der Waals surface area contributed by atoms with E-state index in [4.69, 9.17) is 6.42 Å². The first-order valence-electron chi connectivity index (χ1n) is 17.1. The molecule has 0 N–H and O–H groups in total. The molecule has 0 heteroatoms. The minimum Gasteiger partial charge on any atom is -0.115 e. The third kappa shape index (κ3) is 6.51. The number of allylic oxidation sites excluding steroid dienone is 7. The summed E-state index contributed by atoms with van der Waals surface area (Å²) in [6.45, 7) is 6.14. The maximum atomic E-state index is 5.78. The molecule has 7 rings (SSSR count). The number of hydrogen-bond donors (Lipinski definition) is 0. The zero-order valence-electron chi connectivity index (χ0n) is 28.3. The van der Waals surface area contributed by atoms with Gasteiger partial charge in [0.05, 0.1) is 0 Å². The number of terminal acetylenes is 1. The van der Waals surface area contributed by atoms with Crippen LogP contribution in [0, 0.1) is 12.3 Å². The smallest absolute Gasteiger partial charge is 0.00259 e. The molecule has 238 valence electrons. The van der Waals surface area contributed by atoms with E-state index in [1.165, 1.54) is 54.9 Å². The molecule has 0 saturated carbocycles. The molecule has 0 radical (unpaired) electrons. The summed E-state index contributed by atoms with van der Waals surface area (Å²) in [5.74, 6) is 2.72. The number of hydrogen-bond acceptors (Lipinski definition) is 0. The van der Waals surface area contributed by atoms with Crippen molar-refractivity contribution in [3.63, 3.8) is 0 Å². The van der Waals surface area contributed by atoms with E-state index in [9.17, 15) is 0 Å². The zero-order chi connectivity index (χ0) is 34.3. The minimum absolute atomic E-state index is 0.845. The maximum Gasteiger partial charge on any atom is -0.00259 e. The van der Waals surface area contributed by atoms with Crippen LogP contribution in [0.2, 0.25) is 0 Å². The van der Waals surface area contributed by atoms with Crippen molar-refractivity contribution in [3.8, 4) is 56.9 Å². The summed E-state index contributed by atoms with van der Waals surface area (Å²) < 4.78 is 0. The van der Waals surface area contributed by atoms with E-state index in [0.717, 1.165) is 34.2 Å². The summed E-state index contributed by atoms with van der Waals surface area (Å²) in [5, 5.41) is 4.85. The molecule has 7 aromatic carbocycles. The molecule has 0 amide bonds. The van der Waals surface area contributed by atoms with Gasteiger partial charge >= 0.3 is 0 Å². The van der Waals surface area contributed by atoms with Gasteiger partial charge in [-0.1, -0.05) is 164 Å². The Morgan fingerprint density at radius 2 is 1.02 bits per heavy atom. The largest absolute Gasteiger partial charge is 0.115 e. The van der Waals surface area contributed by atoms with Crippen molar-refractivity contribution in [2.45, 2.75) is 13.3 Å². The third-order valence-corrected chi connectivity index (χ3v) is 9.23. The highest BCUT2D eigenvalue weighted by Crippen LogP contribution is 2.45. The normalized spacial score (nSPS) is 11.8. The molecule has 0 fully saturated rings. The summed E-state index contributed by atoms with van der Waals surface area (Å²) in [7, 11) is 0. The summed E-state index contributed by atoms with van der Waals surface area (Å²) in [6.07, 6.45) is 18.8. The maximum absolute atomic E-state index is 5.78. The molecule has 0 nitrogen and oxygen atoms in total. The predicted molar refractivity (Wildman–Crippen MR) is 218 cm³/mol. The molecule has 0 aromatic heterocycles. The Morgan fingerprint density at radius 3 is 1.52 bits per heavy atom. The fourth-order valence-corrected chi connectivity index (χ4v) is 6.98. The molecule has 0 bridgehead atoms. The lowest BCUT2D eigenvalue weighted by Crippen LogP contribution is -1.94. The first-order valence-corrected chi connectivity index (χ1v) is 17.1. The number of fused-ring (bicyclic) bond motifs is 2. The summed E-state index contributed by atoms with van der Waals surface area (Å²) in [5.41, 5.74) is 12.7. The molecule has 0 unspecified atom stereocenters. The van der Waals surface area contributed by atoms with Crippen molar-refractivity contribution in [1.29, 1.82) is 0 Å². The topological polar surface area (TPSA) is 0 Å². The summed E-state index contributed by atoms with van der Waals surface area (Å²) in [4.78, 5) is 0. The Hall–Kier alpha value is -6.42. The lowest BCUT2D eigenvalue weighted by atomic mass is 9.83. The lowest BCUT2D eigenvalue weighted by molar-refractivity contribution is 1.27. The van der Waals surface area contributed by atoms with Gasteiger partial charge in [-0.05, 0) is 126 Å². The molecule has 0 heterocycles. The van der Waals surface area contributed by atoms with Gasteiger partial charge in [-0.3, -0.25) is 0 Å². The number of rotatable bonds is 9. The van der Waals surface area contributed by atoms with Gasteiger partial charge in [0.15, 0.2) is 0 Å². The molecule has 0 aliphatic heterocycles. The van der Waals surface area contributed by atoms with Crippen LogP contribution < -0.4 is 0 Å². The second kappa shape index (κ2) is 14.8. The molecule has 0 spiro atoms. The fourth-order valence-electron chi connectivity index (χ4n) is 6.98. The quantitative estimate of drug-likeness (QED) is 0.0838. The van der Waals surface area contributed by atoms with E-state index in [-0.39, 0.29) is 0 Å². The van der Waals surface area contributed by atoms with Gasteiger partial charge in [0.2, 0.25) is 0 Å². The molecule has 50 heavy (non-hydrogen) atoms. The molecule has 7 aromatic rings. The van der Waals surface area contributed by atoms with Gasteiger partial charge in [0, 0.05) is 0 Å². The Bertz CT molecular complexity index is 2410. The molecular formula is C50H38. The van der Waals surface area contributed by atoms with Crippen LogP contribution in [0.25, 0.3) is 71.6 Å². The van der Waals surface area contributed by atoms with Crippen LogP contribution in [-0.2, 0) is 6.42 Å². The SMILES string of the molecule is C#C/C=C(\C=C)c1cc(-c2ccccc2)cc(-c2c3ccccc3c(-c3cc(C/C=C\C=C/C)cc(-c4ccccc4)c3)c3ccccc23)c1. The van der Waals surface area contributed by atoms with E-state index in [1.807, 2.05) is 13.0 Å². The average Bonchev–Trinajstić information content (AvgIpc) is 3.18. The lowest BCUT2D eigenvalue weighted by Gasteiger charge is -2.20. The van der Waals surface area contributed by atoms with Crippen molar-refractivity contribution >= 4 is 27.1 Å². The molecule has 0 aliphatic rings. The van der Waals surface area contributed by atoms with E-state index in [2.05, 4.69) is 182 Å².